The minimum Gasteiger partial charge on any atom is -0.497 e. The Hall–Kier alpha value is -2.34. The Balaban J connectivity index is 2.01. The van der Waals surface area contributed by atoms with Crippen molar-refractivity contribution in [2.24, 2.45) is 7.05 Å². The van der Waals surface area contributed by atoms with Crippen LogP contribution >= 0.6 is 0 Å². The first kappa shape index (κ1) is 19.0. The Morgan fingerprint density at radius 3 is 2.40 bits per heavy atom. The number of rotatable bonds is 7. The van der Waals surface area contributed by atoms with Gasteiger partial charge in [0.25, 0.3) is 0 Å². The van der Waals surface area contributed by atoms with Gasteiger partial charge >= 0.3 is 0 Å². The number of aryl methyl sites for hydroxylation is 2. The van der Waals surface area contributed by atoms with Gasteiger partial charge in [-0.25, -0.2) is 0 Å². The number of nitrogens with zero attached hydrogens (tertiary/aromatic N) is 3. The Bertz CT molecular complexity index is 720. The Labute approximate surface area is 149 Å². The number of nitrogens with one attached hydrogen (secondary N) is 1. The van der Waals surface area contributed by atoms with Gasteiger partial charge in [-0.2, -0.15) is 5.10 Å². The largest absolute Gasteiger partial charge is 0.497 e. The van der Waals surface area contributed by atoms with Crippen molar-refractivity contribution in [2.45, 2.75) is 26.3 Å². The number of likely N-dealkylation sites (N-methyl/N-ethyl adjacent to an activating group) is 1. The number of carbonyl (C=O) groups excluding carboxylic acids is 1. The predicted octanol–water partition coefficient (Wildman–Crippen LogP) is 2.01. The summed E-state index contributed by atoms with van der Waals surface area (Å²) in [6.07, 6.45) is 0.355. The molecule has 0 aliphatic carbocycles. The summed E-state index contributed by atoms with van der Waals surface area (Å²) in [5.74, 6) is 0.840. The maximum Gasteiger partial charge on any atom is 0.224 e. The van der Waals surface area contributed by atoms with E-state index in [9.17, 15) is 4.79 Å². The second-order valence-corrected chi connectivity index (χ2v) is 6.51. The summed E-state index contributed by atoms with van der Waals surface area (Å²) in [5, 5.41) is 7.42. The molecule has 0 spiro atoms. The fourth-order valence-electron chi connectivity index (χ4n) is 2.93. The van der Waals surface area contributed by atoms with Crippen molar-refractivity contribution < 1.29 is 9.53 Å². The average Bonchev–Trinajstić information content (AvgIpc) is 2.81. The van der Waals surface area contributed by atoms with Crippen LogP contribution in [-0.2, 0) is 18.3 Å². The number of aromatic nitrogens is 2. The first-order chi connectivity index (χ1) is 11.8. The van der Waals surface area contributed by atoms with E-state index in [4.69, 9.17) is 4.74 Å². The summed E-state index contributed by atoms with van der Waals surface area (Å²) in [7, 11) is 7.57. The number of ether oxygens (including phenoxy) is 1. The molecule has 0 aliphatic heterocycles. The quantitative estimate of drug-likeness (QED) is 0.835. The fourth-order valence-corrected chi connectivity index (χ4v) is 2.93. The molecule has 0 fully saturated rings. The van der Waals surface area contributed by atoms with Crippen LogP contribution in [0.4, 0.5) is 0 Å². The summed E-state index contributed by atoms with van der Waals surface area (Å²) >= 11 is 0. The van der Waals surface area contributed by atoms with Crippen LogP contribution < -0.4 is 10.1 Å². The van der Waals surface area contributed by atoms with Crippen LogP contribution in [0.5, 0.6) is 5.75 Å². The molecule has 6 nitrogen and oxygen atoms in total. The predicted molar refractivity (Wildman–Crippen MR) is 98.8 cm³/mol. The third kappa shape index (κ3) is 4.60. The van der Waals surface area contributed by atoms with E-state index in [-0.39, 0.29) is 11.9 Å². The molecule has 136 valence electrons. The van der Waals surface area contributed by atoms with Crippen molar-refractivity contribution in [3.05, 3.63) is 46.8 Å². The van der Waals surface area contributed by atoms with Crippen molar-refractivity contribution in [2.75, 3.05) is 27.7 Å². The molecule has 1 aromatic carbocycles. The van der Waals surface area contributed by atoms with E-state index in [1.165, 1.54) is 0 Å². The lowest BCUT2D eigenvalue weighted by atomic mass is 10.1. The first-order valence-corrected chi connectivity index (χ1v) is 8.39. The van der Waals surface area contributed by atoms with Gasteiger partial charge in [0.1, 0.15) is 5.75 Å². The molecule has 1 unspecified atom stereocenters. The molecule has 2 rings (SSSR count). The lowest BCUT2D eigenvalue weighted by Gasteiger charge is -2.25. The van der Waals surface area contributed by atoms with Crippen LogP contribution in [0.1, 0.15) is 28.6 Å². The number of hydrogen-bond donors (Lipinski definition) is 1. The van der Waals surface area contributed by atoms with Gasteiger partial charge < -0.3 is 15.0 Å². The minimum absolute atomic E-state index is 0.0135. The summed E-state index contributed by atoms with van der Waals surface area (Å²) in [5.41, 5.74) is 4.09. The van der Waals surface area contributed by atoms with Gasteiger partial charge in [-0.15, -0.1) is 0 Å². The first-order valence-electron chi connectivity index (χ1n) is 8.39. The molecule has 0 saturated carbocycles. The van der Waals surface area contributed by atoms with E-state index in [2.05, 4.69) is 15.3 Å². The van der Waals surface area contributed by atoms with Crippen LogP contribution in [-0.4, -0.2) is 48.3 Å². The molecule has 1 amide bonds. The molecular formula is C19H28N4O2. The lowest BCUT2D eigenvalue weighted by Crippen LogP contribution is -2.35. The molecule has 1 heterocycles. The van der Waals surface area contributed by atoms with E-state index in [1.54, 1.807) is 7.11 Å². The number of benzene rings is 1. The van der Waals surface area contributed by atoms with E-state index < -0.39 is 0 Å². The summed E-state index contributed by atoms with van der Waals surface area (Å²) < 4.78 is 7.02. The van der Waals surface area contributed by atoms with Gasteiger partial charge in [-0.1, -0.05) is 12.1 Å². The molecule has 0 saturated heterocycles. The molecule has 0 radical (unpaired) electrons. The number of hydrogen-bond acceptors (Lipinski definition) is 4. The van der Waals surface area contributed by atoms with E-state index in [0.717, 1.165) is 28.3 Å². The summed E-state index contributed by atoms with van der Waals surface area (Å²) in [6, 6.07) is 8.05. The molecular weight excluding hydrogens is 316 g/mol. The van der Waals surface area contributed by atoms with Crippen LogP contribution in [0.2, 0.25) is 0 Å². The van der Waals surface area contributed by atoms with Crippen molar-refractivity contribution in [3.63, 3.8) is 0 Å². The number of methoxy groups -OCH3 is 1. The van der Waals surface area contributed by atoms with Crippen LogP contribution in [0, 0.1) is 13.8 Å². The highest BCUT2D eigenvalue weighted by atomic mass is 16.5. The Morgan fingerprint density at radius 1 is 1.28 bits per heavy atom. The topological polar surface area (TPSA) is 59.4 Å². The summed E-state index contributed by atoms with van der Waals surface area (Å²) in [4.78, 5) is 14.5. The second-order valence-electron chi connectivity index (χ2n) is 6.51. The number of amides is 1. The third-order valence-corrected chi connectivity index (χ3v) is 4.61. The molecule has 1 aromatic heterocycles. The maximum atomic E-state index is 12.4. The molecule has 0 aliphatic rings. The zero-order valence-corrected chi connectivity index (χ0v) is 16.0. The van der Waals surface area contributed by atoms with Crippen LogP contribution in [0.15, 0.2) is 24.3 Å². The van der Waals surface area contributed by atoms with Gasteiger partial charge in [0, 0.05) is 24.8 Å². The zero-order valence-electron chi connectivity index (χ0n) is 16.0. The minimum atomic E-state index is 0.0135. The molecule has 1 atom stereocenters. The SMILES string of the molecule is COc1ccc(C(CNC(=O)Cc2c(C)nn(C)c2C)N(C)C)cc1. The summed E-state index contributed by atoms with van der Waals surface area (Å²) in [6.45, 7) is 4.48. The van der Waals surface area contributed by atoms with Crippen molar-refractivity contribution >= 4 is 5.91 Å². The van der Waals surface area contributed by atoms with E-state index in [1.807, 2.05) is 63.9 Å². The highest BCUT2D eigenvalue weighted by Crippen LogP contribution is 2.21. The number of carbonyl (C=O) groups is 1. The lowest BCUT2D eigenvalue weighted by molar-refractivity contribution is -0.120. The zero-order chi connectivity index (χ0) is 18.6. The van der Waals surface area contributed by atoms with E-state index >= 15 is 0 Å². The van der Waals surface area contributed by atoms with Gasteiger partial charge in [-0.3, -0.25) is 9.48 Å². The maximum absolute atomic E-state index is 12.4. The highest BCUT2D eigenvalue weighted by molar-refractivity contribution is 5.79. The molecule has 0 bridgehead atoms. The monoisotopic (exact) mass is 344 g/mol. The van der Waals surface area contributed by atoms with Crippen molar-refractivity contribution in [1.29, 1.82) is 0 Å². The average molecular weight is 344 g/mol. The van der Waals surface area contributed by atoms with Gasteiger partial charge in [0.2, 0.25) is 5.91 Å². The Kier molecular flexibility index (Phi) is 6.20. The van der Waals surface area contributed by atoms with Crippen LogP contribution in [0.3, 0.4) is 0 Å². The fraction of sp³-hybridized carbons (Fsp3) is 0.474. The smallest absolute Gasteiger partial charge is 0.224 e. The normalized spacial score (nSPS) is 12.3. The second kappa shape index (κ2) is 8.16. The highest BCUT2D eigenvalue weighted by Gasteiger charge is 2.17. The Morgan fingerprint density at radius 2 is 1.92 bits per heavy atom. The van der Waals surface area contributed by atoms with Gasteiger partial charge in [0.15, 0.2) is 0 Å². The van der Waals surface area contributed by atoms with E-state index in [0.29, 0.717) is 13.0 Å². The van der Waals surface area contributed by atoms with Gasteiger partial charge in [0.05, 0.1) is 25.3 Å². The molecule has 25 heavy (non-hydrogen) atoms. The molecule has 2 aromatic rings. The third-order valence-electron chi connectivity index (χ3n) is 4.61. The van der Waals surface area contributed by atoms with Gasteiger partial charge in [-0.05, 0) is 45.6 Å². The molecule has 6 heteroatoms. The molecule has 1 N–H and O–H groups in total. The van der Waals surface area contributed by atoms with Crippen LogP contribution in [0.25, 0.3) is 0 Å². The standard InChI is InChI=1S/C19H28N4O2/c1-13-17(14(2)23(5)21-13)11-19(24)20-12-18(22(3)4)15-7-9-16(25-6)10-8-15/h7-10,18H,11-12H2,1-6H3,(H,20,24). The van der Waals surface area contributed by atoms with Crippen molar-refractivity contribution in [1.82, 2.24) is 20.0 Å². The van der Waals surface area contributed by atoms with Crippen molar-refractivity contribution in [3.8, 4) is 5.75 Å².